The molecule has 0 aliphatic carbocycles. The molecule has 0 aromatic heterocycles. The molecule has 0 aliphatic heterocycles. The minimum atomic E-state index is 0.514. The van der Waals surface area contributed by atoms with E-state index in [-0.39, 0.29) is 0 Å². The molecule has 0 bridgehead atoms. The molecular formula is C13H15NO2. The van der Waals surface area contributed by atoms with Crippen molar-refractivity contribution in [3.8, 4) is 11.5 Å². The Hall–Kier alpha value is -1.74. The molecule has 3 nitrogen and oxygen atoms in total. The number of methoxy groups -OCH3 is 1. The molecular weight excluding hydrogens is 202 g/mol. The van der Waals surface area contributed by atoms with E-state index < -0.39 is 0 Å². The minimum absolute atomic E-state index is 0.514. The zero-order chi connectivity index (χ0) is 11.4. The van der Waals surface area contributed by atoms with Gasteiger partial charge in [0.15, 0.2) is 0 Å². The summed E-state index contributed by atoms with van der Waals surface area (Å²) in [5.41, 5.74) is 5.43. The van der Waals surface area contributed by atoms with Crippen molar-refractivity contribution in [2.45, 2.75) is 0 Å². The van der Waals surface area contributed by atoms with Gasteiger partial charge in [-0.3, -0.25) is 0 Å². The van der Waals surface area contributed by atoms with Gasteiger partial charge >= 0.3 is 0 Å². The van der Waals surface area contributed by atoms with Gasteiger partial charge in [-0.05, 0) is 12.1 Å². The summed E-state index contributed by atoms with van der Waals surface area (Å²) in [4.78, 5) is 0. The predicted octanol–water partition coefficient (Wildman–Crippen LogP) is 2.19. The molecule has 2 rings (SSSR count). The van der Waals surface area contributed by atoms with Crippen molar-refractivity contribution in [2.75, 3.05) is 20.3 Å². The minimum Gasteiger partial charge on any atom is -0.496 e. The van der Waals surface area contributed by atoms with Crippen LogP contribution in [0.4, 0.5) is 0 Å². The summed E-state index contributed by atoms with van der Waals surface area (Å²) in [6.07, 6.45) is 0. The average Bonchev–Trinajstić information content (AvgIpc) is 2.36. The third kappa shape index (κ3) is 1.95. The summed E-state index contributed by atoms with van der Waals surface area (Å²) in [6.45, 7) is 1.04. The number of nitrogens with two attached hydrogens (primary N) is 1. The van der Waals surface area contributed by atoms with E-state index in [1.165, 1.54) is 0 Å². The summed E-state index contributed by atoms with van der Waals surface area (Å²) in [7, 11) is 1.67. The van der Waals surface area contributed by atoms with E-state index in [4.69, 9.17) is 15.2 Å². The molecule has 16 heavy (non-hydrogen) atoms. The Labute approximate surface area is 94.8 Å². The first kappa shape index (κ1) is 10.8. The lowest BCUT2D eigenvalue weighted by atomic mass is 10.1. The summed E-state index contributed by atoms with van der Waals surface area (Å²) in [6, 6.07) is 11.8. The van der Waals surface area contributed by atoms with Gasteiger partial charge in [-0.15, -0.1) is 0 Å². The van der Waals surface area contributed by atoms with Gasteiger partial charge in [-0.25, -0.2) is 0 Å². The SMILES string of the molecule is COc1ccc(OCCN)c2ccccc12. The molecule has 84 valence electrons. The molecule has 0 aliphatic rings. The lowest BCUT2D eigenvalue weighted by molar-refractivity contribution is 0.331. The molecule has 0 unspecified atom stereocenters. The molecule has 0 saturated carbocycles. The van der Waals surface area contributed by atoms with Gasteiger partial charge in [0, 0.05) is 17.3 Å². The van der Waals surface area contributed by atoms with E-state index >= 15 is 0 Å². The Balaban J connectivity index is 2.51. The Morgan fingerprint density at radius 1 is 1.00 bits per heavy atom. The lowest BCUT2D eigenvalue weighted by Gasteiger charge is -2.11. The summed E-state index contributed by atoms with van der Waals surface area (Å²) in [5, 5.41) is 2.11. The second-order valence-corrected chi connectivity index (χ2v) is 3.45. The zero-order valence-electron chi connectivity index (χ0n) is 9.27. The van der Waals surface area contributed by atoms with E-state index in [0.717, 1.165) is 22.3 Å². The molecule has 0 atom stereocenters. The molecule has 2 aromatic rings. The molecule has 0 radical (unpaired) electrons. The Morgan fingerprint density at radius 3 is 2.25 bits per heavy atom. The topological polar surface area (TPSA) is 44.5 Å². The number of rotatable bonds is 4. The highest BCUT2D eigenvalue weighted by atomic mass is 16.5. The van der Waals surface area contributed by atoms with Gasteiger partial charge in [0.2, 0.25) is 0 Å². The number of ether oxygens (including phenoxy) is 2. The van der Waals surface area contributed by atoms with E-state index in [1.807, 2.05) is 36.4 Å². The standard InChI is InChI=1S/C13H15NO2/c1-15-12-6-7-13(16-9-8-14)11-5-3-2-4-10(11)12/h2-7H,8-9,14H2,1H3. The lowest BCUT2D eigenvalue weighted by Crippen LogP contribution is -2.10. The van der Waals surface area contributed by atoms with Crippen LogP contribution in [-0.4, -0.2) is 20.3 Å². The van der Waals surface area contributed by atoms with Crippen LogP contribution in [0.5, 0.6) is 11.5 Å². The fourth-order valence-electron chi connectivity index (χ4n) is 1.72. The number of hydrogen-bond donors (Lipinski definition) is 1. The summed E-state index contributed by atoms with van der Waals surface area (Å²) in [5.74, 6) is 1.71. The van der Waals surface area contributed by atoms with Gasteiger partial charge in [-0.1, -0.05) is 24.3 Å². The quantitative estimate of drug-likeness (QED) is 0.853. The van der Waals surface area contributed by atoms with Gasteiger partial charge in [0.25, 0.3) is 0 Å². The second-order valence-electron chi connectivity index (χ2n) is 3.45. The first-order valence-electron chi connectivity index (χ1n) is 5.25. The smallest absolute Gasteiger partial charge is 0.127 e. The molecule has 2 aromatic carbocycles. The molecule has 2 N–H and O–H groups in total. The van der Waals surface area contributed by atoms with Crippen molar-refractivity contribution in [3.05, 3.63) is 36.4 Å². The van der Waals surface area contributed by atoms with Crippen molar-refractivity contribution in [2.24, 2.45) is 5.73 Å². The van der Waals surface area contributed by atoms with Crippen LogP contribution in [0.25, 0.3) is 10.8 Å². The molecule has 0 fully saturated rings. The highest BCUT2D eigenvalue weighted by Gasteiger charge is 2.06. The maximum atomic E-state index is 5.59. The zero-order valence-corrected chi connectivity index (χ0v) is 9.27. The first-order chi connectivity index (χ1) is 7.86. The van der Waals surface area contributed by atoms with E-state index in [0.29, 0.717) is 13.2 Å². The van der Waals surface area contributed by atoms with Crippen molar-refractivity contribution < 1.29 is 9.47 Å². The monoisotopic (exact) mass is 217 g/mol. The maximum absolute atomic E-state index is 5.59. The summed E-state index contributed by atoms with van der Waals surface area (Å²) >= 11 is 0. The average molecular weight is 217 g/mol. The van der Waals surface area contributed by atoms with Gasteiger partial charge in [0.05, 0.1) is 7.11 Å². The third-order valence-electron chi connectivity index (χ3n) is 2.44. The number of benzene rings is 2. The predicted molar refractivity (Wildman–Crippen MR) is 65.0 cm³/mol. The highest BCUT2D eigenvalue weighted by molar-refractivity contribution is 5.93. The Bertz CT molecular complexity index is 482. The van der Waals surface area contributed by atoms with Crippen LogP contribution in [0.1, 0.15) is 0 Å². The number of hydrogen-bond acceptors (Lipinski definition) is 3. The van der Waals surface area contributed by atoms with Crippen LogP contribution in [0.2, 0.25) is 0 Å². The largest absolute Gasteiger partial charge is 0.496 e. The van der Waals surface area contributed by atoms with Crippen molar-refractivity contribution in [1.29, 1.82) is 0 Å². The number of fused-ring (bicyclic) bond motifs is 1. The van der Waals surface area contributed by atoms with Crippen LogP contribution >= 0.6 is 0 Å². The maximum Gasteiger partial charge on any atom is 0.127 e. The fourth-order valence-corrected chi connectivity index (χ4v) is 1.72. The highest BCUT2D eigenvalue weighted by Crippen LogP contribution is 2.32. The van der Waals surface area contributed by atoms with Crippen molar-refractivity contribution >= 4 is 10.8 Å². The normalized spacial score (nSPS) is 10.4. The van der Waals surface area contributed by atoms with E-state index in [9.17, 15) is 0 Å². The van der Waals surface area contributed by atoms with Crippen molar-refractivity contribution in [3.63, 3.8) is 0 Å². The van der Waals surface area contributed by atoms with Crippen LogP contribution in [0, 0.1) is 0 Å². The Kier molecular flexibility index (Phi) is 3.27. The van der Waals surface area contributed by atoms with E-state index in [2.05, 4.69) is 0 Å². The van der Waals surface area contributed by atoms with Crippen LogP contribution in [-0.2, 0) is 0 Å². The molecule has 0 saturated heterocycles. The van der Waals surface area contributed by atoms with E-state index in [1.54, 1.807) is 7.11 Å². The van der Waals surface area contributed by atoms with Crippen LogP contribution in [0.15, 0.2) is 36.4 Å². The molecule has 0 heterocycles. The van der Waals surface area contributed by atoms with Gasteiger partial charge in [0.1, 0.15) is 18.1 Å². The summed E-state index contributed by atoms with van der Waals surface area (Å²) < 4.78 is 10.9. The Morgan fingerprint density at radius 2 is 1.62 bits per heavy atom. The molecule has 0 spiro atoms. The van der Waals surface area contributed by atoms with Crippen LogP contribution in [0.3, 0.4) is 0 Å². The van der Waals surface area contributed by atoms with Crippen LogP contribution < -0.4 is 15.2 Å². The third-order valence-corrected chi connectivity index (χ3v) is 2.44. The van der Waals surface area contributed by atoms with Gasteiger partial charge < -0.3 is 15.2 Å². The second kappa shape index (κ2) is 4.86. The van der Waals surface area contributed by atoms with Gasteiger partial charge in [-0.2, -0.15) is 0 Å². The first-order valence-corrected chi connectivity index (χ1v) is 5.25. The fraction of sp³-hybridized carbons (Fsp3) is 0.231. The molecule has 3 heteroatoms. The molecule has 0 amide bonds. The van der Waals surface area contributed by atoms with Crippen molar-refractivity contribution in [1.82, 2.24) is 0 Å².